The fraction of sp³-hybridized carbons (Fsp3) is 0.667. The third-order valence-corrected chi connectivity index (χ3v) is 6.44. The Labute approximate surface area is 174 Å². The van der Waals surface area contributed by atoms with Crippen molar-refractivity contribution in [1.29, 1.82) is 0 Å². The maximum atomic E-state index is 13.0. The Balaban J connectivity index is 1.46. The second-order valence-electron chi connectivity index (χ2n) is 7.89. The van der Waals surface area contributed by atoms with Crippen molar-refractivity contribution in [2.24, 2.45) is 0 Å². The van der Waals surface area contributed by atoms with Crippen molar-refractivity contribution < 1.29 is 22.7 Å². The molecule has 0 unspecified atom stereocenters. The minimum Gasteiger partial charge on any atom is -0.381 e. The lowest BCUT2D eigenvalue weighted by atomic mass is 9.98. The van der Waals surface area contributed by atoms with Crippen molar-refractivity contribution in [2.75, 3.05) is 33.3 Å². The highest BCUT2D eigenvalue weighted by molar-refractivity contribution is 6.31. The van der Waals surface area contributed by atoms with E-state index in [1.54, 1.807) is 13.2 Å². The molecule has 1 aromatic carbocycles. The lowest BCUT2D eigenvalue weighted by molar-refractivity contribution is -0.137. The monoisotopic (exact) mass is 432 g/mol. The number of aryl methyl sites for hydroxylation is 1. The summed E-state index contributed by atoms with van der Waals surface area (Å²) in [7, 11) is 1.76. The number of rotatable bonds is 5. The van der Waals surface area contributed by atoms with Crippen LogP contribution in [0.3, 0.4) is 0 Å². The van der Waals surface area contributed by atoms with Gasteiger partial charge in [-0.2, -0.15) is 13.2 Å². The molecule has 29 heavy (non-hydrogen) atoms. The lowest BCUT2D eigenvalue weighted by Gasteiger charge is -2.41. The fourth-order valence-electron chi connectivity index (χ4n) is 4.31. The number of piperidine rings is 2. The van der Waals surface area contributed by atoms with Gasteiger partial charge in [0, 0.05) is 45.8 Å². The molecule has 1 aromatic rings. The van der Waals surface area contributed by atoms with Crippen LogP contribution in [0.2, 0.25) is 5.02 Å². The van der Waals surface area contributed by atoms with Crippen molar-refractivity contribution in [2.45, 2.75) is 56.8 Å². The van der Waals surface area contributed by atoms with Crippen LogP contribution < -0.4 is 0 Å². The van der Waals surface area contributed by atoms with E-state index in [9.17, 15) is 18.0 Å². The van der Waals surface area contributed by atoms with E-state index < -0.39 is 11.7 Å². The van der Waals surface area contributed by atoms with E-state index in [4.69, 9.17) is 16.3 Å². The maximum Gasteiger partial charge on any atom is 0.417 e. The van der Waals surface area contributed by atoms with Crippen molar-refractivity contribution in [3.05, 3.63) is 34.3 Å². The molecule has 0 spiro atoms. The Hall–Kier alpha value is -1.31. The summed E-state index contributed by atoms with van der Waals surface area (Å²) in [6.07, 6.45) is 0.361. The molecule has 8 heteroatoms. The SMILES string of the molecule is COC1CCN(C2CCN(C(=O)CCc3ccc(Cl)c(C(F)(F)F)c3)CC2)CC1. The zero-order chi connectivity index (χ0) is 21.0. The van der Waals surface area contributed by atoms with E-state index in [2.05, 4.69) is 4.90 Å². The number of hydrogen-bond donors (Lipinski definition) is 0. The number of carbonyl (C=O) groups is 1. The summed E-state index contributed by atoms with van der Waals surface area (Å²) in [6, 6.07) is 4.36. The average Bonchev–Trinajstić information content (AvgIpc) is 2.72. The van der Waals surface area contributed by atoms with Gasteiger partial charge in [-0.05, 0) is 49.8 Å². The van der Waals surface area contributed by atoms with Crippen LogP contribution >= 0.6 is 11.6 Å². The van der Waals surface area contributed by atoms with Crippen molar-refractivity contribution in [3.63, 3.8) is 0 Å². The normalized spacial score (nSPS) is 20.2. The molecular weight excluding hydrogens is 405 g/mol. The second kappa shape index (κ2) is 9.67. The first-order valence-electron chi connectivity index (χ1n) is 10.2. The van der Waals surface area contributed by atoms with Gasteiger partial charge in [0.1, 0.15) is 0 Å². The van der Waals surface area contributed by atoms with Gasteiger partial charge in [0.25, 0.3) is 0 Å². The smallest absolute Gasteiger partial charge is 0.381 e. The molecule has 0 N–H and O–H groups in total. The summed E-state index contributed by atoms with van der Waals surface area (Å²) >= 11 is 5.65. The first-order chi connectivity index (χ1) is 13.8. The Kier molecular flexibility index (Phi) is 7.46. The number of alkyl halides is 3. The molecule has 0 saturated carbocycles. The van der Waals surface area contributed by atoms with Gasteiger partial charge in [0.05, 0.1) is 16.7 Å². The van der Waals surface area contributed by atoms with Crippen molar-refractivity contribution in [1.82, 2.24) is 9.80 Å². The highest BCUT2D eigenvalue weighted by atomic mass is 35.5. The third-order valence-electron chi connectivity index (χ3n) is 6.11. The van der Waals surface area contributed by atoms with Gasteiger partial charge in [-0.1, -0.05) is 17.7 Å². The van der Waals surface area contributed by atoms with Crippen LogP contribution in [0.4, 0.5) is 13.2 Å². The van der Waals surface area contributed by atoms with Gasteiger partial charge in [-0.3, -0.25) is 4.79 Å². The van der Waals surface area contributed by atoms with Crippen molar-refractivity contribution >= 4 is 17.5 Å². The summed E-state index contributed by atoms with van der Waals surface area (Å²) in [6.45, 7) is 3.49. The number of likely N-dealkylation sites (tertiary alicyclic amines) is 2. The first-order valence-corrected chi connectivity index (χ1v) is 10.6. The Bertz CT molecular complexity index is 698. The molecule has 162 valence electrons. The van der Waals surface area contributed by atoms with Crippen LogP contribution in [0.5, 0.6) is 0 Å². The van der Waals surface area contributed by atoms with Crippen LogP contribution in [0.1, 0.15) is 43.2 Å². The zero-order valence-corrected chi connectivity index (χ0v) is 17.4. The van der Waals surface area contributed by atoms with E-state index in [0.717, 1.165) is 44.8 Å². The van der Waals surface area contributed by atoms with Crippen molar-refractivity contribution in [3.8, 4) is 0 Å². The Morgan fingerprint density at radius 2 is 1.79 bits per heavy atom. The fourth-order valence-corrected chi connectivity index (χ4v) is 4.54. The standard InChI is InChI=1S/C21H28ClF3N2O2/c1-29-17-8-12-26(13-9-17)16-6-10-27(11-7-16)20(28)5-3-15-2-4-19(22)18(14-15)21(23,24)25/h2,4,14,16-17H,3,5-13H2,1H3. The highest BCUT2D eigenvalue weighted by Crippen LogP contribution is 2.35. The zero-order valence-electron chi connectivity index (χ0n) is 16.7. The Morgan fingerprint density at radius 3 is 2.38 bits per heavy atom. The average molecular weight is 433 g/mol. The number of nitrogens with zero attached hydrogens (tertiary/aromatic N) is 2. The highest BCUT2D eigenvalue weighted by Gasteiger charge is 2.33. The van der Waals surface area contributed by atoms with Crippen LogP contribution in [0, 0.1) is 0 Å². The molecule has 1 amide bonds. The number of benzene rings is 1. The molecule has 0 atom stereocenters. The van der Waals surface area contributed by atoms with E-state index in [-0.39, 0.29) is 23.8 Å². The molecule has 2 fully saturated rings. The van der Waals surface area contributed by atoms with E-state index >= 15 is 0 Å². The van der Waals surface area contributed by atoms with E-state index in [1.807, 2.05) is 4.90 Å². The molecule has 3 rings (SSSR count). The largest absolute Gasteiger partial charge is 0.417 e. The van der Waals surface area contributed by atoms with E-state index in [1.165, 1.54) is 6.07 Å². The molecule has 0 bridgehead atoms. The molecule has 0 aliphatic carbocycles. The van der Waals surface area contributed by atoms with E-state index in [0.29, 0.717) is 30.8 Å². The lowest BCUT2D eigenvalue weighted by Crippen LogP contribution is -2.49. The molecule has 2 heterocycles. The second-order valence-corrected chi connectivity index (χ2v) is 8.30. The molecule has 2 aliphatic heterocycles. The minimum absolute atomic E-state index is 0.00468. The Morgan fingerprint density at radius 1 is 1.14 bits per heavy atom. The summed E-state index contributed by atoms with van der Waals surface area (Å²) in [5.41, 5.74) is -0.367. The number of ether oxygens (including phenoxy) is 1. The molecule has 2 aliphatic rings. The van der Waals surface area contributed by atoms with Gasteiger partial charge >= 0.3 is 6.18 Å². The van der Waals surface area contributed by atoms with Crippen LogP contribution in [-0.4, -0.2) is 61.1 Å². The summed E-state index contributed by atoms with van der Waals surface area (Å²) in [5, 5.41) is -0.316. The van der Waals surface area contributed by atoms with Crippen LogP contribution in [0.25, 0.3) is 0 Å². The van der Waals surface area contributed by atoms with Gasteiger partial charge in [0.2, 0.25) is 5.91 Å². The molecule has 2 saturated heterocycles. The molecule has 0 radical (unpaired) electrons. The molecule has 0 aromatic heterocycles. The first kappa shape index (κ1) is 22.4. The summed E-state index contributed by atoms with van der Waals surface area (Å²) in [5.74, 6) is 0.00468. The van der Waals surface area contributed by atoms with Gasteiger partial charge in [0.15, 0.2) is 0 Å². The minimum atomic E-state index is -4.49. The number of methoxy groups -OCH3 is 1. The summed E-state index contributed by atoms with van der Waals surface area (Å²) < 4.78 is 44.4. The number of amides is 1. The number of halogens is 4. The van der Waals surface area contributed by atoms with Crippen LogP contribution in [-0.2, 0) is 22.1 Å². The predicted octanol–water partition coefficient (Wildman–Crippen LogP) is 4.39. The summed E-state index contributed by atoms with van der Waals surface area (Å²) in [4.78, 5) is 16.9. The molecule has 4 nitrogen and oxygen atoms in total. The van der Waals surface area contributed by atoms with Crippen LogP contribution in [0.15, 0.2) is 18.2 Å². The predicted molar refractivity (Wildman–Crippen MR) is 106 cm³/mol. The quantitative estimate of drug-likeness (QED) is 0.691. The molecular formula is C21H28ClF3N2O2. The van der Waals surface area contributed by atoms with Gasteiger partial charge in [-0.25, -0.2) is 0 Å². The van der Waals surface area contributed by atoms with Gasteiger partial charge in [-0.15, -0.1) is 0 Å². The third kappa shape index (κ3) is 5.86. The van der Waals surface area contributed by atoms with Gasteiger partial charge < -0.3 is 14.5 Å². The topological polar surface area (TPSA) is 32.8 Å². The maximum absolute atomic E-state index is 13.0. The number of hydrogen-bond acceptors (Lipinski definition) is 3. The number of carbonyl (C=O) groups excluding carboxylic acids is 1.